The zero-order valence-electron chi connectivity index (χ0n) is 11.3. The van der Waals surface area contributed by atoms with Crippen molar-refractivity contribution in [2.75, 3.05) is 11.9 Å². The van der Waals surface area contributed by atoms with Gasteiger partial charge in [0, 0.05) is 19.1 Å². The highest BCUT2D eigenvalue weighted by molar-refractivity contribution is 5.56. The molecule has 1 aliphatic carbocycles. The van der Waals surface area contributed by atoms with Gasteiger partial charge in [-0.1, -0.05) is 31.4 Å². The SMILES string of the molecule is C[C@H](N)c1cccc(F)c1N(C)C1CCCCC1. The molecule has 0 unspecified atom stereocenters. The smallest absolute Gasteiger partial charge is 0.146 e. The number of hydrogen-bond donors (Lipinski definition) is 1. The second-order valence-corrected chi connectivity index (χ2v) is 5.37. The van der Waals surface area contributed by atoms with Crippen molar-refractivity contribution < 1.29 is 4.39 Å². The van der Waals surface area contributed by atoms with Crippen LogP contribution in [-0.2, 0) is 0 Å². The van der Waals surface area contributed by atoms with E-state index < -0.39 is 0 Å². The molecule has 0 amide bonds. The van der Waals surface area contributed by atoms with E-state index in [4.69, 9.17) is 5.73 Å². The van der Waals surface area contributed by atoms with E-state index in [-0.39, 0.29) is 11.9 Å². The topological polar surface area (TPSA) is 29.3 Å². The van der Waals surface area contributed by atoms with E-state index in [2.05, 4.69) is 4.90 Å². The molecular weight excluding hydrogens is 227 g/mol. The van der Waals surface area contributed by atoms with E-state index in [1.54, 1.807) is 6.07 Å². The molecule has 1 atom stereocenters. The van der Waals surface area contributed by atoms with Gasteiger partial charge in [-0.15, -0.1) is 0 Å². The summed E-state index contributed by atoms with van der Waals surface area (Å²) in [5, 5.41) is 0. The Kier molecular flexibility index (Phi) is 4.23. The Morgan fingerprint density at radius 1 is 1.28 bits per heavy atom. The van der Waals surface area contributed by atoms with Crippen molar-refractivity contribution in [3.63, 3.8) is 0 Å². The molecule has 1 aromatic carbocycles. The van der Waals surface area contributed by atoms with Crippen molar-refractivity contribution in [2.24, 2.45) is 5.73 Å². The number of nitrogens with zero attached hydrogens (tertiary/aromatic N) is 1. The van der Waals surface area contributed by atoms with Gasteiger partial charge in [-0.3, -0.25) is 0 Å². The summed E-state index contributed by atoms with van der Waals surface area (Å²) in [6.07, 6.45) is 6.11. The average Bonchev–Trinajstić information content (AvgIpc) is 2.38. The minimum atomic E-state index is -0.155. The van der Waals surface area contributed by atoms with Crippen LogP contribution in [0.2, 0.25) is 0 Å². The number of rotatable bonds is 3. The quantitative estimate of drug-likeness (QED) is 0.888. The lowest BCUT2D eigenvalue weighted by Crippen LogP contribution is -2.35. The summed E-state index contributed by atoms with van der Waals surface area (Å²) in [4.78, 5) is 2.10. The first kappa shape index (κ1) is 13.3. The fourth-order valence-electron chi connectivity index (χ4n) is 2.92. The van der Waals surface area contributed by atoms with E-state index in [0.29, 0.717) is 11.7 Å². The van der Waals surface area contributed by atoms with Gasteiger partial charge in [0.05, 0.1) is 5.69 Å². The van der Waals surface area contributed by atoms with Crippen molar-refractivity contribution in [3.05, 3.63) is 29.6 Å². The maximum atomic E-state index is 14.1. The number of benzene rings is 1. The number of anilines is 1. The molecule has 18 heavy (non-hydrogen) atoms. The Morgan fingerprint density at radius 2 is 1.94 bits per heavy atom. The molecule has 0 spiro atoms. The van der Waals surface area contributed by atoms with Gasteiger partial charge in [0.25, 0.3) is 0 Å². The highest BCUT2D eigenvalue weighted by atomic mass is 19.1. The Hall–Kier alpha value is -1.09. The van der Waals surface area contributed by atoms with Gasteiger partial charge in [0.1, 0.15) is 5.82 Å². The molecule has 0 saturated heterocycles. The van der Waals surface area contributed by atoms with Gasteiger partial charge in [-0.2, -0.15) is 0 Å². The molecule has 100 valence electrons. The highest BCUT2D eigenvalue weighted by Crippen LogP contribution is 2.32. The lowest BCUT2D eigenvalue weighted by molar-refractivity contribution is 0.423. The van der Waals surface area contributed by atoms with Crippen LogP contribution >= 0.6 is 0 Å². The zero-order chi connectivity index (χ0) is 13.1. The van der Waals surface area contributed by atoms with Crippen LogP contribution in [0.25, 0.3) is 0 Å². The average molecular weight is 250 g/mol. The van der Waals surface area contributed by atoms with Gasteiger partial charge in [0.2, 0.25) is 0 Å². The second-order valence-electron chi connectivity index (χ2n) is 5.37. The third kappa shape index (κ3) is 2.66. The molecule has 0 bridgehead atoms. The normalized spacial score (nSPS) is 18.7. The third-order valence-corrected chi connectivity index (χ3v) is 3.98. The first-order valence-corrected chi connectivity index (χ1v) is 6.88. The molecule has 1 aliphatic rings. The van der Waals surface area contributed by atoms with Crippen molar-refractivity contribution in [1.29, 1.82) is 0 Å². The summed E-state index contributed by atoms with van der Waals surface area (Å²) in [5.74, 6) is -0.155. The van der Waals surface area contributed by atoms with Crippen LogP contribution in [0.5, 0.6) is 0 Å². The lowest BCUT2D eigenvalue weighted by Gasteiger charge is -2.35. The van der Waals surface area contributed by atoms with Crippen molar-refractivity contribution >= 4 is 5.69 Å². The standard InChI is InChI=1S/C15H23FN2/c1-11(17)13-9-6-10-14(16)15(13)18(2)12-7-4-3-5-8-12/h6,9-12H,3-5,7-8,17H2,1-2H3/t11-/m0/s1. The number of hydrogen-bond acceptors (Lipinski definition) is 2. The first-order valence-electron chi connectivity index (χ1n) is 6.88. The summed E-state index contributed by atoms with van der Waals surface area (Å²) in [7, 11) is 2.00. The van der Waals surface area contributed by atoms with Crippen LogP contribution < -0.4 is 10.6 Å². The second kappa shape index (κ2) is 5.70. The van der Waals surface area contributed by atoms with Gasteiger partial charge >= 0.3 is 0 Å². The van der Waals surface area contributed by atoms with Crippen LogP contribution in [0.1, 0.15) is 50.6 Å². The molecule has 2 nitrogen and oxygen atoms in total. The minimum Gasteiger partial charge on any atom is -0.369 e. The molecule has 1 saturated carbocycles. The highest BCUT2D eigenvalue weighted by Gasteiger charge is 2.23. The largest absolute Gasteiger partial charge is 0.369 e. The molecule has 3 heteroatoms. The molecule has 1 aromatic rings. The molecule has 2 N–H and O–H groups in total. The predicted molar refractivity (Wildman–Crippen MR) is 74.3 cm³/mol. The van der Waals surface area contributed by atoms with E-state index in [9.17, 15) is 4.39 Å². The lowest BCUT2D eigenvalue weighted by atomic mass is 9.93. The van der Waals surface area contributed by atoms with Gasteiger partial charge in [-0.25, -0.2) is 4.39 Å². The van der Waals surface area contributed by atoms with Crippen molar-refractivity contribution in [2.45, 2.75) is 51.1 Å². The Balaban J connectivity index is 2.30. The van der Waals surface area contributed by atoms with E-state index in [0.717, 1.165) is 18.4 Å². The summed E-state index contributed by atoms with van der Waals surface area (Å²) in [5.41, 5.74) is 7.56. The minimum absolute atomic E-state index is 0.137. The zero-order valence-corrected chi connectivity index (χ0v) is 11.3. The van der Waals surface area contributed by atoms with E-state index in [1.807, 2.05) is 20.0 Å². The van der Waals surface area contributed by atoms with Crippen LogP contribution in [0.15, 0.2) is 18.2 Å². The summed E-state index contributed by atoms with van der Waals surface area (Å²) in [6.45, 7) is 1.91. The Morgan fingerprint density at radius 3 is 2.56 bits per heavy atom. The molecule has 0 heterocycles. The monoisotopic (exact) mass is 250 g/mol. The molecule has 1 fully saturated rings. The van der Waals surface area contributed by atoms with E-state index in [1.165, 1.54) is 25.3 Å². The van der Waals surface area contributed by atoms with Crippen molar-refractivity contribution in [1.82, 2.24) is 0 Å². The maximum absolute atomic E-state index is 14.1. The molecule has 0 aromatic heterocycles. The predicted octanol–water partition coefficient (Wildman–Crippen LogP) is 3.61. The van der Waals surface area contributed by atoms with Crippen LogP contribution in [-0.4, -0.2) is 13.1 Å². The third-order valence-electron chi connectivity index (χ3n) is 3.98. The number of para-hydroxylation sites is 1. The van der Waals surface area contributed by atoms with E-state index >= 15 is 0 Å². The number of halogens is 1. The maximum Gasteiger partial charge on any atom is 0.146 e. The first-order chi connectivity index (χ1) is 8.61. The Bertz CT molecular complexity index is 397. The summed E-state index contributed by atoms with van der Waals surface area (Å²) >= 11 is 0. The number of nitrogens with two attached hydrogens (primary N) is 1. The summed E-state index contributed by atoms with van der Waals surface area (Å²) < 4.78 is 14.1. The molecular formula is C15H23FN2. The Labute approximate surface area is 109 Å². The van der Waals surface area contributed by atoms with Gasteiger partial charge in [0.15, 0.2) is 0 Å². The fourth-order valence-corrected chi connectivity index (χ4v) is 2.92. The van der Waals surface area contributed by atoms with Gasteiger partial charge in [-0.05, 0) is 31.4 Å². The van der Waals surface area contributed by atoms with Crippen LogP contribution in [0.4, 0.5) is 10.1 Å². The van der Waals surface area contributed by atoms with Crippen LogP contribution in [0.3, 0.4) is 0 Å². The fraction of sp³-hybridized carbons (Fsp3) is 0.600. The van der Waals surface area contributed by atoms with Crippen LogP contribution in [0, 0.1) is 5.82 Å². The molecule has 0 aliphatic heterocycles. The van der Waals surface area contributed by atoms with Crippen molar-refractivity contribution in [3.8, 4) is 0 Å². The molecule has 0 radical (unpaired) electrons. The summed E-state index contributed by atoms with van der Waals surface area (Å²) in [6, 6.07) is 5.52. The van der Waals surface area contributed by atoms with Gasteiger partial charge < -0.3 is 10.6 Å². The molecule has 2 rings (SSSR count).